The van der Waals surface area contributed by atoms with Crippen molar-refractivity contribution in [3.63, 3.8) is 0 Å². The van der Waals surface area contributed by atoms with Gasteiger partial charge in [0.15, 0.2) is 10.8 Å². The zero-order chi connectivity index (χ0) is 29.4. The average Bonchev–Trinajstić information content (AvgIpc) is 3.52. The van der Waals surface area contributed by atoms with Gasteiger partial charge in [0.2, 0.25) is 5.91 Å². The monoisotopic (exact) mass is 598 g/mol. The number of β-lactam (4-membered cyclic amide) rings is 1. The van der Waals surface area contributed by atoms with Crippen LogP contribution in [0.3, 0.4) is 0 Å². The number of rotatable bonds is 8. The number of thiazole rings is 1. The van der Waals surface area contributed by atoms with Gasteiger partial charge in [-0.15, -0.1) is 23.1 Å². The molecule has 0 radical (unpaired) electrons. The first-order valence-corrected chi connectivity index (χ1v) is 14.0. The van der Waals surface area contributed by atoms with Crippen LogP contribution >= 0.6 is 23.1 Å². The van der Waals surface area contributed by atoms with E-state index in [0.717, 1.165) is 21.8 Å². The lowest BCUT2D eigenvalue weighted by Crippen LogP contribution is -2.71. The number of oxime groups is 1. The highest BCUT2D eigenvalue weighted by atomic mass is 32.2. The summed E-state index contributed by atoms with van der Waals surface area (Å²) in [5, 5.41) is 34.6. The van der Waals surface area contributed by atoms with Gasteiger partial charge in [-0.05, 0) is 35.8 Å². The lowest BCUT2D eigenvalue weighted by Gasteiger charge is -2.49. The van der Waals surface area contributed by atoms with E-state index in [1.165, 1.54) is 35.4 Å². The minimum atomic E-state index is -1.35. The van der Waals surface area contributed by atoms with Gasteiger partial charge in [0.05, 0.1) is 5.56 Å². The second-order valence-corrected chi connectivity index (χ2v) is 11.2. The van der Waals surface area contributed by atoms with Crippen LogP contribution in [-0.2, 0) is 25.7 Å². The zero-order valence-electron chi connectivity index (χ0n) is 21.0. The van der Waals surface area contributed by atoms with E-state index in [-0.39, 0.29) is 40.3 Å². The summed E-state index contributed by atoms with van der Waals surface area (Å²) < 4.78 is 0. The molecular formula is C25H22N6O8S2. The summed E-state index contributed by atoms with van der Waals surface area (Å²) in [6, 6.07) is 5.11. The van der Waals surface area contributed by atoms with Crippen molar-refractivity contribution in [3.8, 4) is 0 Å². The van der Waals surface area contributed by atoms with Crippen LogP contribution in [-0.4, -0.2) is 89.3 Å². The number of benzene rings is 1. The number of carboxylic acids is 2. The van der Waals surface area contributed by atoms with Crippen molar-refractivity contribution in [2.24, 2.45) is 5.16 Å². The van der Waals surface area contributed by atoms with E-state index in [1.54, 1.807) is 17.0 Å². The molecule has 0 spiro atoms. The topological polar surface area (TPSA) is 216 Å². The van der Waals surface area contributed by atoms with Crippen LogP contribution < -0.4 is 11.1 Å². The number of carbonyl (C=O) groups is 5. The Kier molecular flexibility index (Phi) is 7.51. The summed E-state index contributed by atoms with van der Waals surface area (Å²) in [5.74, 6) is -4.05. The molecule has 14 nitrogen and oxygen atoms in total. The van der Waals surface area contributed by atoms with Crippen LogP contribution in [0, 0.1) is 0 Å². The Morgan fingerprint density at radius 2 is 1.90 bits per heavy atom. The molecule has 3 aliphatic heterocycles. The van der Waals surface area contributed by atoms with Gasteiger partial charge in [-0.2, -0.15) is 0 Å². The number of aromatic nitrogens is 1. The molecule has 1 aromatic heterocycles. The number of likely N-dealkylation sites (tertiary alicyclic amines) is 1. The normalized spacial score (nSPS) is 21.7. The molecule has 5 rings (SSSR count). The standard InChI is InChI=1S/C25H22N6O8S2/c26-25-27-15(10-41-25)16(29-39)19(32)28-17-21(34)31-18(24(37)38)14(9-40-22(17)31)7-13-5-6-30(20(13)33)8-11-1-3-12(4-2-11)23(35)36/h1-4,7,10,17,22,39H,5-6,8-9H2,(H2,26,27)(H,28,32)(H,35,36)(H,37,38)/b13-7+,29-16-/t17-,22-/m1/s1. The van der Waals surface area contributed by atoms with Gasteiger partial charge in [-0.1, -0.05) is 17.3 Å². The number of carboxylic acid groups (broad SMARTS) is 2. The number of nitrogen functional groups attached to an aromatic ring is 1. The third-order valence-electron chi connectivity index (χ3n) is 6.70. The highest BCUT2D eigenvalue weighted by molar-refractivity contribution is 8.00. The number of anilines is 1. The number of hydrogen-bond acceptors (Lipinski definition) is 11. The van der Waals surface area contributed by atoms with Gasteiger partial charge >= 0.3 is 11.9 Å². The molecule has 4 heterocycles. The van der Waals surface area contributed by atoms with E-state index in [9.17, 15) is 34.3 Å². The van der Waals surface area contributed by atoms with Gasteiger partial charge in [0.25, 0.3) is 11.8 Å². The fraction of sp³-hybridized carbons (Fsp3) is 0.240. The van der Waals surface area contributed by atoms with Crippen LogP contribution in [0.2, 0.25) is 0 Å². The molecular weight excluding hydrogens is 576 g/mol. The second-order valence-electron chi connectivity index (χ2n) is 9.21. The molecule has 6 N–H and O–H groups in total. The van der Waals surface area contributed by atoms with E-state index in [0.29, 0.717) is 24.1 Å². The Morgan fingerprint density at radius 3 is 2.51 bits per heavy atom. The van der Waals surface area contributed by atoms with Crippen molar-refractivity contribution in [2.45, 2.75) is 24.4 Å². The molecule has 3 aliphatic rings. The molecule has 41 heavy (non-hydrogen) atoms. The van der Waals surface area contributed by atoms with Crippen molar-refractivity contribution in [2.75, 3.05) is 18.0 Å². The fourth-order valence-electron chi connectivity index (χ4n) is 4.71. The molecule has 2 atom stereocenters. The summed E-state index contributed by atoms with van der Waals surface area (Å²) in [7, 11) is 0. The van der Waals surface area contributed by atoms with E-state index < -0.39 is 40.9 Å². The van der Waals surface area contributed by atoms with Crippen molar-refractivity contribution in [1.29, 1.82) is 0 Å². The Labute approximate surface area is 239 Å². The van der Waals surface area contributed by atoms with E-state index in [4.69, 9.17) is 10.8 Å². The minimum Gasteiger partial charge on any atom is -0.478 e. The summed E-state index contributed by atoms with van der Waals surface area (Å²) in [6.45, 7) is 0.656. The highest BCUT2D eigenvalue weighted by Gasteiger charge is 2.54. The summed E-state index contributed by atoms with van der Waals surface area (Å²) in [4.78, 5) is 68.6. The number of nitrogens with zero attached hydrogens (tertiary/aromatic N) is 4. The number of aliphatic carboxylic acids is 1. The van der Waals surface area contributed by atoms with Crippen LogP contribution in [0.4, 0.5) is 5.13 Å². The first-order chi connectivity index (χ1) is 19.6. The highest BCUT2D eigenvalue weighted by Crippen LogP contribution is 2.41. The first-order valence-electron chi connectivity index (χ1n) is 12.1. The first kappa shape index (κ1) is 27.9. The second kappa shape index (κ2) is 11.1. The molecule has 0 unspecified atom stereocenters. The maximum atomic E-state index is 13.1. The van der Waals surface area contributed by atoms with E-state index in [2.05, 4.69) is 15.5 Å². The Balaban J connectivity index is 1.30. The van der Waals surface area contributed by atoms with Crippen LogP contribution in [0.15, 0.2) is 57.7 Å². The molecule has 2 saturated heterocycles. The maximum Gasteiger partial charge on any atom is 0.352 e. The molecule has 0 aliphatic carbocycles. The quantitative estimate of drug-likeness (QED) is 0.0937. The zero-order valence-corrected chi connectivity index (χ0v) is 22.6. The molecule has 212 valence electrons. The molecule has 1 aromatic carbocycles. The SMILES string of the molecule is Nc1nc(/C(=N/O)C(=O)N[C@@H]2C(=O)N3C(C(=O)O)=C(/C=C4\CCN(Cc5ccc(C(=O)O)cc5)C4=O)CS[C@H]23)cs1. The molecule has 2 fully saturated rings. The number of fused-ring (bicyclic) bond motifs is 1. The van der Waals surface area contributed by atoms with Gasteiger partial charge in [-0.3, -0.25) is 19.3 Å². The lowest BCUT2D eigenvalue weighted by molar-refractivity contribution is -0.150. The van der Waals surface area contributed by atoms with Gasteiger partial charge in [0, 0.05) is 29.8 Å². The Morgan fingerprint density at radius 1 is 1.17 bits per heavy atom. The summed E-state index contributed by atoms with van der Waals surface area (Å²) in [5.41, 5.74) is 6.46. The number of nitrogens with two attached hydrogens (primary N) is 1. The molecule has 0 saturated carbocycles. The Bertz CT molecular complexity index is 1560. The van der Waals surface area contributed by atoms with Crippen LogP contribution in [0.5, 0.6) is 0 Å². The van der Waals surface area contributed by atoms with Crippen molar-refractivity contribution >= 4 is 63.6 Å². The smallest absolute Gasteiger partial charge is 0.352 e. The molecule has 3 amide bonds. The van der Waals surface area contributed by atoms with Crippen molar-refractivity contribution < 1.29 is 39.4 Å². The number of amides is 3. The Hall–Kier alpha value is -4.70. The van der Waals surface area contributed by atoms with Gasteiger partial charge in [-0.25, -0.2) is 14.6 Å². The molecule has 0 bridgehead atoms. The van der Waals surface area contributed by atoms with Crippen molar-refractivity contribution in [3.05, 3.63) is 69.4 Å². The predicted molar refractivity (Wildman–Crippen MR) is 146 cm³/mol. The lowest BCUT2D eigenvalue weighted by atomic mass is 10.0. The number of allylic oxidation sites excluding steroid dienone is 1. The third-order valence-corrected chi connectivity index (χ3v) is 8.68. The summed E-state index contributed by atoms with van der Waals surface area (Å²) >= 11 is 2.26. The number of thioether (sulfide) groups is 1. The van der Waals surface area contributed by atoms with Crippen molar-refractivity contribution in [1.82, 2.24) is 20.1 Å². The van der Waals surface area contributed by atoms with E-state index >= 15 is 0 Å². The maximum absolute atomic E-state index is 13.1. The number of nitrogens with one attached hydrogen (secondary N) is 1. The van der Waals surface area contributed by atoms with E-state index in [1.807, 2.05) is 0 Å². The number of hydrogen-bond donors (Lipinski definition) is 5. The molecule has 2 aromatic rings. The summed E-state index contributed by atoms with van der Waals surface area (Å²) in [6.07, 6.45) is 1.87. The van der Waals surface area contributed by atoms with Crippen LogP contribution in [0.1, 0.15) is 28.0 Å². The van der Waals surface area contributed by atoms with Crippen LogP contribution in [0.25, 0.3) is 0 Å². The van der Waals surface area contributed by atoms with Gasteiger partial charge in [0.1, 0.15) is 22.8 Å². The third kappa shape index (κ3) is 5.26. The fourth-order valence-corrected chi connectivity index (χ4v) is 6.56. The molecule has 16 heteroatoms. The largest absolute Gasteiger partial charge is 0.478 e. The number of carbonyl (C=O) groups excluding carboxylic acids is 3. The number of aromatic carboxylic acids is 1. The average molecular weight is 599 g/mol. The predicted octanol–water partition coefficient (Wildman–Crippen LogP) is 0.699. The van der Waals surface area contributed by atoms with Gasteiger partial charge < -0.3 is 31.4 Å². The minimum absolute atomic E-state index is 0.0278.